The second-order valence-corrected chi connectivity index (χ2v) is 8.85. The number of amides is 2. The highest BCUT2D eigenvalue weighted by Gasteiger charge is 2.30. The predicted octanol–water partition coefficient (Wildman–Crippen LogP) is -0.726. The summed E-state index contributed by atoms with van der Waals surface area (Å²) >= 11 is 0. The van der Waals surface area contributed by atoms with Crippen molar-refractivity contribution < 1.29 is 18.0 Å². The molecule has 2 amide bonds. The molecule has 0 saturated carbocycles. The molecule has 2 aromatic rings. The number of rotatable bonds is 5. The maximum atomic E-state index is 12.3. The number of hydrogen-bond donors (Lipinski definition) is 3. The lowest BCUT2D eigenvalue weighted by atomic mass is 10.1. The highest BCUT2D eigenvalue weighted by atomic mass is 32.2. The number of nitrogens with zero attached hydrogens (tertiary/aromatic N) is 1. The van der Waals surface area contributed by atoms with E-state index in [0.717, 1.165) is 0 Å². The van der Waals surface area contributed by atoms with Crippen molar-refractivity contribution in [1.82, 2.24) is 20.8 Å². The average Bonchev–Trinajstić information content (AvgIpc) is 2.96. The van der Waals surface area contributed by atoms with E-state index in [0.29, 0.717) is 22.9 Å². The molecule has 0 radical (unpaired) electrons. The van der Waals surface area contributed by atoms with E-state index in [1.807, 2.05) is 0 Å². The lowest BCUT2D eigenvalue weighted by molar-refractivity contribution is -0.128. The summed E-state index contributed by atoms with van der Waals surface area (Å²) in [6, 6.07) is 5.56. The summed E-state index contributed by atoms with van der Waals surface area (Å²) in [5, 5.41) is 12.5. The van der Waals surface area contributed by atoms with E-state index in [1.165, 1.54) is 6.92 Å². The van der Waals surface area contributed by atoms with Gasteiger partial charge in [0.2, 0.25) is 11.8 Å². The normalized spacial score (nSPS) is 19.5. The SMILES string of the molecule is C[C@H](NC(=O)Cc1n[nH]c(=O)c2ccccc12)C(=O)NC1CCS(=O)(=O)C1. The fourth-order valence-corrected chi connectivity index (χ4v) is 4.72. The molecular weight excluding hydrogens is 372 g/mol. The van der Waals surface area contributed by atoms with Crippen molar-refractivity contribution in [3.05, 3.63) is 40.3 Å². The summed E-state index contributed by atoms with van der Waals surface area (Å²) in [6.07, 6.45) is 0.273. The third-order valence-corrected chi connectivity index (χ3v) is 6.22. The van der Waals surface area contributed by atoms with E-state index in [2.05, 4.69) is 20.8 Å². The van der Waals surface area contributed by atoms with Gasteiger partial charge >= 0.3 is 0 Å². The van der Waals surface area contributed by atoms with Crippen LogP contribution in [0.5, 0.6) is 0 Å². The summed E-state index contributed by atoms with van der Waals surface area (Å²) in [7, 11) is -3.09. The molecule has 1 aromatic heterocycles. The molecule has 27 heavy (non-hydrogen) atoms. The van der Waals surface area contributed by atoms with Crippen molar-refractivity contribution in [2.24, 2.45) is 0 Å². The third-order valence-electron chi connectivity index (χ3n) is 4.45. The molecule has 3 N–H and O–H groups in total. The van der Waals surface area contributed by atoms with Gasteiger partial charge in [-0.3, -0.25) is 14.4 Å². The van der Waals surface area contributed by atoms with Crippen LogP contribution in [-0.4, -0.2) is 54.0 Å². The molecule has 0 bridgehead atoms. The van der Waals surface area contributed by atoms with Gasteiger partial charge in [0.25, 0.3) is 5.56 Å². The molecule has 1 saturated heterocycles. The average molecular weight is 392 g/mol. The molecule has 3 rings (SSSR count). The zero-order valence-electron chi connectivity index (χ0n) is 14.7. The van der Waals surface area contributed by atoms with Crippen molar-refractivity contribution in [2.75, 3.05) is 11.5 Å². The molecule has 0 aliphatic carbocycles. The van der Waals surface area contributed by atoms with Crippen LogP contribution in [0.25, 0.3) is 10.8 Å². The highest BCUT2D eigenvalue weighted by molar-refractivity contribution is 7.91. The van der Waals surface area contributed by atoms with Gasteiger partial charge in [-0.25, -0.2) is 13.5 Å². The van der Waals surface area contributed by atoms with E-state index >= 15 is 0 Å². The first kappa shape index (κ1) is 19.0. The van der Waals surface area contributed by atoms with Crippen LogP contribution in [0.1, 0.15) is 19.0 Å². The maximum Gasteiger partial charge on any atom is 0.272 e. The standard InChI is InChI=1S/C17H20N4O5S/c1-10(16(23)19-11-6-7-27(25,26)9-11)18-15(22)8-14-12-4-2-3-5-13(12)17(24)21-20-14/h2-5,10-11H,6-9H2,1H3,(H,18,22)(H,19,23)(H,21,24)/t10-,11?/m0/s1. The molecule has 1 fully saturated rings. The van der Waals surface area contributed by atoms with Crippen molar-refractivity contribution >= 4 is 32.4 Å². The number of H-pyrrole nitrogens is 1. The van der Waals surface area contributed by atoms with Crippen LogP contribution >= 0.6 is 0 Å². The monoisotopic (exact) mass is 392 g/mol. The van der Waals surface area contributed by atoms with Gasteiger partial charge in [0, 0.05) is 11.4 Å². The van der Waals surface area contributed by atoms with Crippen molar-refractivity contribution in [1.29, 1.82) is 0 Å². The molecule has 2 atom stereocenters. The predicted molar refractivity (Wildman–Crippen MR) is 98.9 cm³/mol. The molecule has 1 unspecified atom stereocenters. The largest absolute Gasteiger partial charge is 0.351 e. The molecule has 10 heteroatoms. The quantitative estimate of drug-likeness (QED) is 0.613. The molecule has 0 spiro atoms. The van der Waals surface area contributed by atoms with E-state index in [4.69, 9.17) is 0 Å². The summed E-state index contributed by atoms with van der Waals surface area (Å²) in [5.41, 5.74) is 0.0613. The van der Waals surface area contributed by atoms with Gasteiger partial charge in [0.05, 0.1) is 29.0 Å². The Balaban J connectivity index is 1.62. The van der Waals surface area contributed by atoms with Crippen molar-refractivity contribution in [3.8, 4) is 0 Å². The first-order valence-electron chi connectivity index (χ1n) is 8.51. The van der Waals surface area contributed by atoms with Gasteiger partial charge in [-0.15, -0.1) is 0 Å². The molecule has 1 aromatic carbocycles. The number of aromatic nitrogens is 2. The van der Waals surface area contributed by atoms with Gasteiger partial charge in [-0.05, 0) is 19.4 Å². The van der Waals surface area contributed by atoms with Gasteiger partial charge in [-0.2, -0.15) is 5.10 Å². The summed E-state index contributed by atoms with van der Waals surface area (Å²) < 4.78 is 22.9. The zero-order chi connectivity index (χ0) is 19.6. The number of carbonyl (C=O) groups excluding carboxylic acids is 2. The summed E-state index contributed by atoms with van der Waals surface area (Å²) in [4.78, 5) is 36.2. The number of benzene rings is 1. The molecular formula is C17H20N4O5S. The number of nitrogens with one attached hydrogen (secondary N) is 3. The Kier molecular flexibility index (Phi) is 5.26. The van der Waals surface area contributed by atoms with Crippen LogP contribution in [0.4, 0.5) is 0 Å². The Morgan fingerprint density at radius 3 is 2.67 bits per heavy atom. The third kappa shape index (κ3) is 4.51. The van der Waals surface area contributed by atoms with Gasteiger partial charge < -0.3 is 10.6 Å². The minimum Gasteiger partial charge on any atom is -0.351 e. The van der Waals surface area contributed by atoms with Crippen molar-refractivity contribution in [3.63, 3.8) is 0 Å². The Morgan fingerprint density at radius 1 is 1.30 bits per heavy atom. The lowest BCUT2D eigenvalue weighted by Gasteiger charge is -2.17. The lowest BCUT2D eigenvalue weighted by Crippen LogP contribution is -2.48. The van der Waals surface area contributed by atoms with Crippen LogP contribution in [-0.2, 0) is 25.8 Å². The topological polar surface area (TPSA) is 138 Å². The first-order chi connectivity index (χ1) is 12.7. The van der Waals surface area contributed by atoms with Gasteiger partial charge in [0.15, 0.2) is 9.84 Å². The smallest absolute Gasteiger partial charge is 0.272 e. The first-order valence-corrected chi connectivity index (χ1v) is 10.3. The maximum absolute atomic E-state index is 12.3. The van der Waals surface area contributed by atoms with E-state index in [9.17, 15) is 22.8 Å². The molecule has 144 valence electrons. The molecule has 9 nitrogen and oxygen atoms in total. The summed E-state index contributed by atoms with van der Waals surface area (Å²) in [5.74, 6) is -0.887. The second kappa shape index (κ2) is 7.47. The van der Waals surface area contributed by atoms with Crippen molar-refractivity contribution in [2.45, 2.75) is 31.8 Å². The Morgan fingerprint density at radius 2 is 2.00 bits per heavy atom. The van der Waals surface area contributed by atoms with Crippen LogP contribution in [0.3, 0.4) is 0 Å². The fourth-order valence-electron chi connectivity index (χ4n) is 3.05. The van der Waals surface area contributed by atoms with Gasteiger partial charge in [0.1, 0.15) is 6.04 Å². The van der Waals surface area contributed by atoms with Crippen LogP contribution in [0, 0.1) is 0 Å². The highest BCUT2D eigenvalue weighted by Crippen LogP contribution is 2.13. The van der Waals surface area contributed by atoms with E-state index in [-0.39, 0.29) is 23.5 Å². The minimum atomic E-state index is -3.09. The van der Waals surface area contributed by atoms with E-state index < -0.39 is 33.7 Å². The minimum absolute atomic E-state index is 0.0592. The number of aromatic amines is 1. The molecule has 1 aliphatic rings. The second-order valence-electron chi connectivity index (χ2n) is 6.62. The number of carbonyl (C=O) groups is 2. The van der Waals surface area contributed by atoms with Crippen LogP contribution in [0.2, 0.25) is 0 Å². The summed E-state index contributed by atoms with van der Waals surface area (Å²) in [6.45, 7) is 1.52. The van der Waals surface area contributed by atoms with E-state index in [1.54, 1.807) is 24.3 Å². The van der Waals surface area contributed by atoms with Crippen LogP contribution < -0.4 is 16.2 Å². The van der Waals surface area contributed by atoms with Gasteiger partial charge in [-0.1, -0.05) is 18.2 Å². The Hall–Kier alpha value is -2.75. The van der Waals surface area contributed by atoms with Crippen LogP contribution in [0.15, 0.2) is 29.1 Å². The zero-order valence-corrected chi connectivity index (χ0v) is 15.5. The number of sulfone groups is 1. The number of fused-ring (bicyclic) bond motifs is 1. The molecule has 1 aliphatic heterocycles. The Labute approximate surface area is 155 Å². The number of hydrogen-bond acceptors (Lipinski definition) is 6. The fraction of sp³-hybridized carbons (Fsp3) is 0.412. The Bertz CT molecular complexity index is 1050. The molecule has 2 heterocycles.